The van der Waals surface area contributed by atoms with Crippen molar-refractivity contribution in [1.29, 1.82) is 0 Å². The minimum atomic E-state index is -3.64. The molecule has 1 amide bonds. The van der Waals surface area contributed by atoms with E-state index in [1.807, 2.05) is 6.92 Å². The van der Waals surface area contributed by atoms with Gasteiger partial charge in [0.25, 0.3) is 5.91 Å². The number of hydrogen-bond donors (Lipinski definition) is 1. The monoisotopic (exact) mass is 326 g/mol. The van der Waals surface area contributed by atoms with Crippen molar-refractivity contribution in [2.45, 2.75) is 30.8 Å². The van der Waals surface area contributed by atoms with Gasteiger partial charge in [-0.15, -0.1) is 0 Å². The number of carbonyl (C=O) groups is 1. The smallest absolute Gasteiger partial charge is 0.253 e. The molecular formula is C15H22N2O4S. The molecule has 6 nitrogen and oxygen atoms in total. The quantitative estimate of drug-likeness (QED) is 0.853. The fraction of sp³-hybridized carbons (Fsp3) is 0.533. The number of ether oxygens (including phenoxy) is 1. The highest BCUT2D eigenvalue weighted by Crippen LogP contribution is 2.15. The normalized spacial score (nSPS) is 18.4. The number of nitrogens with one attached hydrogen (secondary N) is 1. The predicted octanol–water partition coefficient (Wildman–Crippen LogP) is 1.24. The van der Waals surface area contributed by atoms with Gasteiger partial charge in [0.2, 0.25) is 10.0 Å². The number of rotatable bonds is 6. The zero-order valence-electron chi connectivity index (χ0n) is 12.9. The zero-order valence-corrected chi connectivity index (χ0v) is 13.7. The van der Waals surface area contributed by atoms with Gasteiger partial charge in [-0.25, -0.2) is 13.1 Å². The van der Waals surface area contributed by atoms with Crippen LogP contribution >= 0.6 is 0 Å². The topological polar surface area (TPSA) is 75.7 Å². The molecule has 1 saturated heterocycles. The molecule has 0 aromatic heterocycles. The first-order valence-electron chi connectivity index (χ1n) is 7.41. The highest BCUT2D eigenvalue weighted by Gasteiger charge is 2.21. The summed E-state index contributed by atoms with van der Waals surface area (Å²) in [5, 5.41) is 0. The summed E-state index contributed by atoms with van der Waals surface area (Å²) in [6, 6.07) is 6.10. The highest BCUT2D eigenvalue weighted by atomic mass is 32.2. The second-order valence-corrected chi connectivity index (χ2v) is 7.10. The maximum Gasteiger partial charge on any atom is 0.253 e. The molecule has 0 bridgehead atoms. The molecule has 2 rings (SSSR count). The van der Waals surface area contributed by atoms with Crippen LogP contribution in [0.1, 0.15) is 30.1 Å². The Balaban J connectivity index is 2.11. The Bertz CT molecular complexity index is 624. The average Bonchev–Trinajstić information content (AvgIpc) is 3.05. The highest BCUT2D eigenvalue weighted by molar-refractivity contribution is 7.89. The molecule has 122 valence electrons. The van der Waals surface area contributed by atoms with Crippen LogP contribution in [0.25, 0.3) is 0 Å². The molecule has 1 aliphatic rings. The second kappa shape index (κ2) is 7.21. The van der Waals surface area contributed by atoms with Crippen molar-refractivity contribution >= 4 is 15.9 Å². The van der Waals surface area contributed by atoms with Gasteiger partial charge in [0.15, 0.2) is 0 Å². The molecule has 1 heterocycles. The van der Waals surface area contributed by atoms with E-state index < -0.39 is 10.0 Å². The zero-order chi connectivity index (χ0) is 16.2. The molecule has 1 N–H and O–H groups in total. The summed E-state index contributed by atoms with van der Waals surface area (Å²) in [6.07, 6.45) is 1.76. The van der Waals surface area contributed by atoms with Crippen molar-refractivity contribution in [2.75, 3.05) is 26.7 Å². The maximum atomic E-state index is 12.3. The van der Waals surface area contributed by atoms with Crippen LogP contribution in [-0.4, -0.2) is 52.1 Å². The summed E-state index contributed by atoms with van der Waals surface area (Å²) in [5.41, 5.74) is 0.365. The minimum absolute atomic E-state index is 0.0641. The fourth-order valence-electron chi connectivity index (χ4n) is 2.25. The molecule has 22 heavy (non-hydrogen) atoms. The van der Waals surface area contributed by atoms with E-state index in [-0.39, 0.29) is 23.5 Å². The first kappa shape index (κ1) is 16.9. The van der Waals surface area contributed by atoms with E-state index in [1.165, 1.54) is 17.0 Å². The van der Waals surface area contributed by atoms with Crippen LogP contribution < -0.4 is 4.72 Å². The molecule has 1 aromatic carbocycles. The van der Waals surface area contributed by atoms with Crippen LogP contribution in [-0.2, 0) is 14.8 Å². The molecule has 0 saturated carbocycles. The first-order chi connectivity index (χ1) is 10.4. The van der Waals surface area contributed by atoms with E-state index in [9.17, 15) is 13.2 Å². The van der Waals surface area contributed by atoms with Gasteiger partial charge in [0.05, 0.1) is 11.0 Å². The number of hydrogen-bond acceptors (Lipinski definition) is 4. The van der Waals surface area contributed by atoms with Gasteiger partial charge in [0.1, 0.15) is 0 Å². The molecule has 0 aliphatic carbocycles. The lowest BCUT2D eigenvalue weighted by atomic mass is 10.2. The Morgan fingerprint density at radius 1 is 1.45 bits per heavy atom. The van der Waals surface area contributed by atoms with Gasteiger partial charge in [-0.3, -0.25) is 4.79 Å². The summed E-state index contributed by atoms with van der Waals surface area (Å²) in [6.45, 7) is 3.36. The first-order valence-corrected chi connectivity index (χ1v) is 8.89. The summed E-state index contributed by atoms with van der Waals surface area (Å²) < 4.78 is 32.6. The molecule has 1 unspecified atom stereocenters. The van der Waals surface area contributed by atoms with Crippen LogP contribution in [0.3, 0.4) is 0 Å². The summed E-state index contributed by atoms with van der Waals surface area (Å²) >= 11 is 0. The van der Waals surface area contributed by atoms with E-state index >= 15 is 0 Å². The van der Waals surface area contributed by atoms with Gasteiger partial charge >= 0.3 is 0 Å². The van der Waals surface area contributed by atoms with Crippen LogP contribution in [0, 0.1) is 0 Å². The van der Waals surface area contributed by atoms with Gasteiger partial charge in [0, 0.05) is 32.3 Å². The lowest BCUT2D eigenvalue weighted by Crippen LogP contribution is -2.32. The number of nitrogens with zero attached hydrogens (tertiary/aromatic N) is 1. The van der Waals surface area contributed by atoms with Crippen molar-refractivity contribution in [1.82, 2.24) is 9.62 Å². The fourth-order valence-corrected chi connectivity index (χ4v) is 3.36. The largest absolute Gasteiger partial charge is 0.377 e. The van der Waals surface area contributed by atoms with E-state index in [2.05, 4.69) is 4.72 Å². The lowest BCUT2D eigenvalue weighted by molar-refractivity contribution is 0.0802. The number of sulfonamides is 1. The van der Waals surface area contributed by atoms with Crippen molar-refractivity contribution < 1.29 is 17.9 Å². The third-order valence-electron chi connectivity index (χ3n) is 3.74. The lowest BCUT2D eigenvalue weighted by Gasteiger charge is -2.15. The molecule has 0 radical (unpaired) electrons. The third kappa shape index (κ3) is 4.06. The average molecular weight is 326 g/mol. The molecule has 7 heteroatoms. The van der Waals surface area contributed by atoms with Crippen molar-refractivity contribution in [3.8, 4) is 0 Å². The second-order valence-electron chi connectivity index (χ2n) is 5.33. The molecule has 1 aromatic rings. The van der Waals surface area contributed by atoms with Crippen LogP contribution in [0.4, 0.5) is 0 Å². The van der Waals surface area contributed by atoms with Gasteiger partial charge in [-0.05, 0) is 38.0 Å². The SMILES string of the molecule is CCN(C)C(=O)c1cccc(S(=O)(=O)NCC2CCCO2)c1. The third-order valence-corrected chi connectivity index (χ3v) is 5.16. The maximum absolute atomic E-state index is 12.3. The Morgan fingerprint density at radius 2 is 2.23 bits per heavy atom. The minimum Gasteiger partial charge on any atom is -0.377 e. The Kier molecular flexibility index (Phi) is 5.55. The molecule has 1 fully saturated rings. The number of amides is 1. The van der Waals surface area contributed by atoms with E-state index in [1.54, 1.807) is 19.2 Å². The molecular weight excluding hydrogens is 304 g/mol. The Morgan fingerprint density at radius 3 is 2.86 bits per heavy atom. The standard InChI is InChI=1S/C15H22N2O4S/c1-3-17(2)15(18)12-6-4-8-14(10-12)22(19,20)16-11-13-7-5-9-21-13/h4,6,8,10,13,16H,3,5,7,9,11H2,1-2H3. The molecule has 1 aliphatic heterocycles. The molecule has 1 atom stereocenters. The van der Waals surface area contributed by atoms with Gasteiger partial charge in [-0.2, -0.15) is 0 Å². The van der Waals surface area contributed by atoms with E-state index in [4.69, 9.17) is 4.74 Å². The van der Waals surface area contributed by atoms with Crippen molar-refractivity contribution in [3.63, 3.8) is 0 Å². The van der Waals surface area contributed by atoms with Crippen LogP contribution in [0.2, 0.25) is 0 Å². The van der Waals surface area contributed by atoms with Crippen LogP contribution in [0.15, 0.2) is 29.2 Å². The van der Waals surface area contributed by atoms with E-state index in [0.717, 1.165) is 12.8 Å². The van der Waals surface area contributed by atoms with Gasteiger partial charge < -0.3 is 9.64 Å². The predicted molar refractivity (Wildman–Crippen MR) is 83.2 cm³/mol. The van der Waals surface area contributed by atoms with Gasteiger partial charge in [-0.1, -0.05) is 6.07 Å². The Hall–Kier alpha value is -1.44. The van der Waals surface area contributed by atoms with Crippen molar-refractivity contribution in [2.24, 2.45) is 0 Å². The van der Waals surface area contributed by atoms with Crippen molar-refractivity contribution in [3.05, 3.63) is 29.8 Å². The summed E-state index contributed by atoms with van der Waals surface area (Å²) in [4.78, 5) is 13.7. The van der Waals surface area contributed by atoms with E-state index in [0.29, 0.717) is 18.7 Å². The number of benzene rings is 1. The van der Waals surface area contributed by atoms with Crippen LogP contribution in [0.5, 0.6) is 0 Å². The summed E-state index contributed by atoms with van der Waals surface area (Å²) in [7, 11) is -1.96. The number of carbonyl (C=O) groups excluding carboxylic acids is 1. The molecule has 0 spiro atoms. The Labute approximate surface area is 131 Å². The summed E-state index contributed by atoms with van der Waals surface area (Å²) in [5.74, 6) is -0.196.